The Bertz CT molecular complexity index is 543. The van der Waals surface area contributed by atoms with Crippen LogP contribution in [0.5, 0.6) is 0 Å². The van der Waals surface area contributed by atoms with Crippen LogP contribution in [0.3, 0.4) is 0 Å². The summed E-state index contributed by atoms with van der Waals surface area (Å²) in [6.45, 7) is 5.20. The zero-order valence-electron chi connectivity index (χ0n) is 13.0. The minimum absolute atomic E-state index is 0.000564. The Kier molecular flexibility index (Phi) is 5.88. The summed E-state index contributed by atoms with van der Waals surface area (Å²) in [4.78, 5) is 14.6. The molecule has 2 aliphatic rings. The summed E-state index contributed by atoms with van der Waals surface area (Å²) in [5.41, 5.74) is 1.88. The van der Waals surface area contributed by atoms with Gasteiger partial charge >= 0.3 is 0 Å². The van der Waals surface area contributed by atoms with Crippen molar-refractivity contribution >= 4 is 33.2 Å². The fourth-order valence-corrected chi connectivity index (χ4v) is 3.23. The lowest BCUT2D eigenvalue weighted by Gasteiger charge is -2.31. The summed E-state index contributed by atoms with van der Waals surface area (Å²) in [5.74, 6) is 0.000564. The first-order chi connectivity index (χ1) is 11.2. The highest BCUT2D eigenvalue weighted by atomic mass is 79.9. The molecule has 1 atom stereocenters. The Morgan fingerprint density at radius 3 is 2.87 bits per heavy atom. The van der Waals surface area contributed by atoms with Gasteiger partial charge in [0.15, 0.2) is 0 Å². The van der Waals surface area contributed by atoms with Gasteiger partial charge in [-0.2, -0.15) is 0 Å². The fourth-order valence-electron chi connectivity index (χ4n) is 2.86. The van der Waals surface area contributed by atoms with E-state index in [-0.39, 0.29) is 11.9 Å². The molecule has 6 nitrogen and oxygen atoms in total. The zero-order chi connectivity index (χ0) is 16.1. The molecule has 1 amide bonds. The van der Waals surface area contributed by atoms with Crippen LogP contribution in [0.1, 0.15) is 6.42 Å². The number of benzene rings is 1. The quantitative estimate of drug-likeness (QED) is 0.826. The van der Waals surface area contributed by atoms with E-state index in [4.69, 9.17) is 9.47 Å². The Morgan fingerprint density at radius 1 is 1.30 bits per heavy atom. The number of hydrogen-bond donors (Lipinski definition) is 2. The minimum Gasteiger partial charge on any atom is -0.378 e. The summed E-state index contributed by atoms with van der Waals surface area (Å²) in [7, 11) is 0. The molecule has 0 aliphatic carbocycles. The molecule has 2 aliphatic heterocycles. The molecule has 1 aromatic rings. The van der Waals surface area contributed by atoms with Crippen molar-refractivity contribution in [1.29, 1.82) is 0 Å². The van der Waals surface area contributed by atoms with Crippen LogP contribution in [-0.2, 0) is 14.3 Å². The van der Waals surface area contributed by atoms with E-state index in [2.05, 4.69) is 31.5 Å². The van der Waals surface area contributed by atoms with E-state index < -0.39 is 0 Å². The Labute approximate surface area is 144 Å². The van der Waals surface area contributed by atoms with Crippen molar-refractivity contribution in [1.82, 2.24) is 5.32 Å². The number of nitrogens with one attached hydrogen (secondary N) is 2. The van der Waals surface area contributed by atoms with E-state index in [1.807, 2.05) is 18.2 Å². The zero-order valence-corrected chi connectivity index (χ0v) is 14.6. The highest BCUT2D eigenvalue weighted by Crippen LogP contribution is 2.30. The van der Waals surface area contributed by atoms with E-state index in [0.29, 0.717) is 32.8 Å². The summed E-state index contributed by atoms with van der Waals surface area (Å²) >= 11 is 3.48. The van der Waals surface area contributed by atoms with Gasteiger partial charge in [0, 0.05) is 36.6 Å². The number of ether oxygens (including phenoxy) is 2. The van der Waals surface area contributed by atoms with Crippen molar-refractivity contribution < 1.29 is 14.3 Å². The Hall–Kier alpha value is -1.15. The lowest BCUT2D eigenvalue weighted by Crippen LogP contribution is -2.43. The first-order valence-electron chi connectivity index (χ1n) is 7.95. The molecule has 0 radical (unpaired) electrons. The third-order valence-corrected chi connectivity index (χ3v) is 4.51. The maximum atomic E-state index is 12.4. The standard InChI is InChI=1S/C16H22BrN3O3/c17-12-1-2-15(20-4-7-22-8-5-20)14(9-12)19-16(21)10-13-11-23-6-3-18-13/h1-2,9,13,18H,3-8,10-11H2,(H,19,21). The van der Waals surface area contributed by atoms with Gasteiger partial charge in [-0.3, -0.25) is 4.79 Å². The SMILES string of the molecule is O=C(CC1COCCN1)Nc1cc(Br)ccc1N1CCOCC1. The van der Waals surface area contributed by atoms with Crippen molar-refractivity contribution in [3.05, 3.63) is 22.7 Å². The van der Waals surface area contributed by atoms with Crippen LogP contribution in [0.4, 0.5) is 11.4 Å². The number of anilines is 2. The van der Waals surface area contributed by atoms with Gasteiger partial charge in [-0.25, -0.2) is 0 Å². The third kappa shape index (κ3) is 4.67. The predicted molar refractivity (Wildman–Crippen MR) is 93.0 cm³/mol. The molecule has 0 bridgehead atoms. The molecule has 0 saturated carbocycles. The summed E-state index contributed by atoms with van der Waals surface area (Å²) in [6.07, 6.45) is 0.412. The molecule has 2 saturated heterocycles. The maximum absolute atomic E-state index is 12.4. The molecule has 2 N–H and O–H groups in total. The first-order valence-corrected chi connectivity index (χ1v) is 8.75. The molecule has 3 rings (SSSR count). The minimum atomic E-state index is 0.000564. The van der Waals surface area contributed by atoms with E-state index in [0.717, 1.165) is 35.5 Å². The van der Waals surface area contributed by atoms with Gasteiger partial charge in [-0.05, 0) is 18.2 Å². The van der Waals surface area contributed by atoms with Crippen molar-refractivity contribution in [3.63, 3.8) is 0 Å². The van der Waals surface area contributed by atoms with E-state index in [1.165, 1.54) is 0 Å². The second-order valence-corrected chi connectivity index (χ2v) is 6.65. The number of hydrogen-bond acceptors (Lipinski definition) is 5. The smallest absolute Gasteiger partial charge is 0.226 e. The van der Waals surface area contributed by atoms with Crippen molar-refractivity contribution in [2.75, 3.05) is 56.3 Å². The van der Waals surface area contributed by atoms with Crippen LogP contribution >= 0.6 is 15.9 Å². The largest absolute Gasteiger partial charge is 0.378 e. The normalized spacial score (nSPS) is 22.0. The average molecular weight is 384 g/mol. The molecule has 0 spiro atoms. The highest BCUT2D eigenvalue weighted by molar-refractivity contribution is 9.10. The van der Waals surface area contributed by atoms with Gasteiger partial charge in [0.2, 0.25) is 5.91 Å². The van der Waals surface area contributed by atoms with Crippen LogP contribution in [0.15, 0.2) is 22.7 Å². The van der Waals surface area contributed by atoms with Gasteiger partial charge in [-0.1, -0.05) is 15.9 Å². The number of nitrogens with zero attached hydrogens (tertiary/aromatic N) is 1. The number of amides is 1. The average Bonchev–Trinajstić information content (AvgIpc) is 2.56. The lowest BCUT2D eigenvalue weighted by molar-refractivity contribution is -0.117. The van der Waals surface area contributed by atoms with Crippen molar-refractivity contribution in [2.45, 2.75) is 12.5 Å². The maximum Gasteiger partial charge on any atom is 0.226 e. The second-order valence-electron chi connectivity index (χ2n) is 5.74. The van der Waals surface area contributed by atoms with E-state index >= 15 is 0 Å². The van der Waals surface area contributed by atoms with Gasteiger partial charge in [0.1, 0.15) is 0 Å². The Balaban J connectivity index is 1.67. The molecule has 1 aromatic carbocycles. The molecule has 0 aromatic heterocycles. The van der Waals surface area contributed by atoms with Gasteiger partial charge in [0.25, 0.3) is 0 Å². The van der Waals surface area contributed by atoms with Crippen LogP contribution in [-0.4, -0.2) is 58.0 Å². The molecule has 1 unspecified atom stereocenters. The van der Waals surface area contributed by atoms with E-state index in [1.54, 1.807) is 0 Å². The van der Waals surface area contributed by atoms with Crippen LogP contribution in [0.25, 0.3) is 0 Å². The summed E-state index contributed by atoms with van der Waals surface area (Å²) in [5, 5.41) is 6.35. The number of rotatable bonds is 4. The number of morpholine rings is 2. The van der Waals surface area contributed by atoms with Crippen molar-refractivity contribution in [3.8, 4) is 0 Å². The van der Waals surface area contributed by atoms with Crippen LogP contribution < -0.4 is 15.5 Å². The highest BCUT2D eigenvalue weighted by Gasteiger charge is 2.20. The van der Waals surface area contributed by atoms with Crippen LogP contribution in [0.2, 0.25) is 0 Å². The lowest BCUT2D eigenvalue weighted by atomic mass is 10.1. The molecular formula is C16H22BrN3O3. The molecule has 2 heterocycles. The molecule has 2 fully saturated rings. The Morgan fingerprint density at radius 2 is 2.13 bits per heavy atom. The fraction of sp³-hybridized carbons (Fsp3) is 0.562. The third-order valence-electron chi connectivity index (χ3n) is 4.01. The molecule has 126 valence electrons. The van der Waals surface area contributed by atoms with E-state index in [9.17, 15) is 4.79 Å². The number of carbonyl (C=O) groups is 1. The second kappa shape index (κ2) is 8.10. The van der Waals surface area contributed by atoms with Crippen molar-refractivity contribution in [2.24, 2.45) is 0 Å². The topological polar surface area (TPSA) is 62.8 Å². The summed E-state index contributed by atoms with van der Waals surface area (Å²) in [6, 6.07) is 6.07. The van der Waals surface area contributed by atoms with Gasteiger partial charge < -0.3 is 25.0 Å². The predicted octanol–water partition coefficient (Wildman–Crippen LogP) is 1.60. The number of carbonyl (C=O) groups excluding carboxylic acids is 1. The molecule has 23 heavy (non-hydrogen) atoms. The molecule has 7 heteroatoms. The number of halogens is 1. The van der Waals surface area contributed by atoms with Gasteiger partial charge in [0.05, 0.1) is 37.8 Å². The van der Waals surface area contributed by atoms with Crippen LogP contribution in [0, 0.1) is 0 Å². The summed E-state index contributed by atoms with van der Waals surface area (Å²) < 4.78 is 11.8. The van der Waals surface area contributed by atoms with Gasteiger partial charge in [-0.15, -0.1) is 0 Å². The first kappa shape index (κ1) is 16.7. The monoisotopic (exact) mass is 383 g/mol. The molecular weight excluding hydrogens is 362 g/mol.